The van der Waals surface area contributed by atoms with Crippen LogP contribution in [-0.2, 0) is 11.2 Å². The molecule has 1 fully saturated rings. The van der Waals surface area contributed by atoms with Crippen LogP contribution in [0.5, 0.6) is 5.88 Å². The van der Waals surface area contributed by atoms with Crippen LogP contribution in [-0.4, -0.2) is 54.1 Å². The number of halogens is 1. The maximum Gasteiger partial charge on any atom is 0.227 e. The molecule has 25 heavy (non-hydrogen) atoms. The molecule has 0 saturated carbocycles. The second-order valence-corrected chi connectivity index (χ2v) is 6.25. The standard InChI is InChI=1S/C18H21FN4O2/c1-22(2)16-10-17(21-12-20-16)25-14-7-8-23(11-14)18(24)9-13-5-3-4-6-15(13)19/h3-6,10,12,14H,7-9,11H2,1-2H3/t14-/m1/s1. The maximum atomic E-state index is 13.7. The van der Waals surface area contributed by atoms with Crippen molar-refractivity contribution in [3.05, 3.63) is 48.0 Å². The van der Waals surface area contributed by atoms with Crippen LogP contribution in [0.1, 0.15) is 12.0 Å². The molecular formula is C18H21FN4O2. The summed E-state index contributed by atoms with van der Waals surface area (Å²) in [6.07, 6.45) is 2.14. The van der Waals surface area contributed by atoms with Gasteiger partial charge in [0, 0.05) is 33.1 Å². The van der Waals surface area contributed by atoms with E-state index in [2.05, 4.69) is 9.97 Å². The fraction of sp³-hybridized carbons (Fsp3) is 0.389. The summed E-state index contributed by atoms with van der Waals surface area (Å²) < 4.78 is 19.6. The van der Waals surface area contributed by atoms with Gasteiger partial charge in [-0.1, -0.05) is 18.2 Å². The molecule has 0 radical (unpaired) electrons. The fourth-order valence-electron chi connectivity index (χ4n) is 2.78. The molecule has 3 rings (SSSR count). The lowest BCUT2D eigenvalue weighted by Crippen LogP contribution is -2.32. The highest BCUT2D eigenvalue weighted by Crippen LogP contribution is 2.20. The summed E-state index contributed by atoms with van der Waals surface area (Å²) in [6.45, 7) is 1.08. The van der Waals surface area contributed by atoms with Gasteiger partial charge in [0.05, 0.1) is 13.0 Å². The zero-order valence-corrected chi connectivity index (χ0v) is 14.4. The van der Waals surface area contributed by atoms with Gasteiger partial charge in [-0.2, -0.15) is 0 Å². The molecule has 0 unspecified atom stereocenters. The van der Waals surface area contributed by atoms with Gasteiger partial charge in [-0.15, -0.1) is 0 Å². The molecule has 0 aliphatic carbocycles. The van der Waals surface area contributed by atoms with Gasteiger partial charge in [0.15, 0.2) is 0 Å². The third kappa shape index (κ3) is 4.23. The Morgan fingerprint density at radius 3 is 2.92 bits per heavy atom. The van der Waals surface area contributed by atoms with Crippen LogP contribution in [0.25, 0.3) is 0 Å². The Morgan fingerprint density at radius 2 is 2.16 bits per heavy atom. The Morgan fingerprint density at radius 1 is 1.36 bits per heavy atom. The van der Waals surface area contributed by atoms with Gasteiger partial charge in [-0.05, 0) is 11.6 Å². The van der Waals surface area contributed by atoms with Crippen molar-refractivity contribution in [3.63, 3.8) is 0 Å². The number of carbonyl (C=O) groups is 1. The van der Waals surface area contributed by atoms with Gasteiger partial charge in [0.2, 0.25) is 11.8 Å². The lowest BCUT2D eigenvalue weighted by Gasteiger charge is -2.18. The minimum Gasteiger partial charge on any atom is -0.472 e. The van der Waals surface area contributed by atoms with Crippen molar-refractivity contribution in [1.82, 2.24) is 14.9 Å². The molecule has 0 spiro atoms. The number of nitrogens with zero attached hydrogens (tertiary/aromatic N) is 4. The van der Waals surface area contributed by atoms with Crippen molar-refractivity contribution in [2.75, 3.05) is 32.1 Å². The van der Waals surface area contributed by atoms with Crippen LogP contribution in [0.15, 0.2) is 36.7 Å². The molecule has 1 saturated heterocycles. The van der Waals surface area contributed by atoms with E-state index in [4.69, 9.17) is 4.74 Å². The number of hydrogen-bond donors (Lipinski definition) is 0. The number of amides is 1. The number of likely N-dealkylation sites (tertiary alicyclic amines) is 1. The van der Waals surface area contributed by atoms with E-state index in [1.54, 1.807) is 29.2 Å². The Kier molecular flexibility index (Phi) is 5.11. The summed E-state index contributed by atoms with van der Waals surface area (Å²) >= 11 is 0. The first kappa shape index (κ1) is 17.1. The number of carbonyl (C=O) groups excluding carboxylic acids is 1. The van der Waals surface area contributed by atoms with E-state index in [0.29, 0.717) is 24.5 Å². The molecule has 1 aliphatic heterocycles. The van der Waals surface area contributed by atoms with Gasteiger partial charge in [-0.3, -0.25) is 4.79 Å². The summed E-state index contributed by atoms with van der Waals surface area (Å²) in [5.41, 5.74) is 0.420. The molecule has 1 aliphatic rings. The van der Waals surface area contributed by atoms with Crippen molar-refractivity contribution in [2.45, 2.75) is 18.9 Å². The molecule has 7 heteroatoms. The van der Waals surface area contributed by atoms with Gasteiger partial charge >= 0.3 is 0 Å². The van der Waals surface area contributed by atoms with Crippen molar-refractivity contribution in [3.8, 4) is 5.88 Å². The molecule has 1 aromatic heterocycles. The zero-order chi connectivity index (χ0) is 17.8. The predicted octanol–water partition coefficient (Wildman–Crippen LogP) is 1.90. The summed E-state index contributed by atoms with van der Waals surface area (Å²) in [7, 11) is 3.79. The van der Waals surface area contributed by atoms with E-state index in [-0.39, 0.29) is 24.2 Å². The van der Waals surface area contributed by atoms with Crippen molar-refractivity contribution < 1.29 is 13.9 Å². The number of rotatable bonds is 5. The minimum atomic E-state index is -0.347. The molecule has 6 nitrogen and oxygen atoms in total. The lowest BCUT2D eigenvalue weighted by molar-refractivity contribution is -0.129. The Balaban J connectivity index is 1.57. The molecule has 132 valence electrons. The molecule has 1 aromatic carbocycles. The summed E-state index contributed by atoms with van der Waals surface area (Å²) in [6, 6.07) is 8.13. The normalized spacial score (nSPS) is 16.8. The Labute approximate surface area is 146 Å². The van der Waals surface area contributed by atoms with Crippen LogP contribution >= 0.6 is 0 Å². The molecule has 0 N–H and O–H groups in total. The van der Waals surface area contributed by atoms with Crippen molar-refractivity contribution in [2.24, 2.45) is 0 Å². The largest absolute Gasteiger partial charge is 0.472 e. The van der Waals surface area contributed by atoms with Gasteiger partial charge in [0.1, 0.15) is 24.1 Å². The van der Waals surface area contributed by atoms with Crippen molar-refractivity contribution >= 4 is 11.7 Å². The van der Waals surface area contributed by atoms with Crippen LogP contribution in [0.3, 0.4) is 0 Å². The van der Waals surface area contributed by atoms with Crippen LogP contribution < -0.4 is 9.64 Å². The topological polar surface area (TPSA) is 58.6 Å². The van der Waals surface area contributed by atoms with E-state index in [0.717, 1.165) is 12.2 Å². The average Bonchev–Trinajstić information content (AvgIpc) is 3.06. The molecule has 2 aromatic rings. The maximum absolute atomic E-state index is 13.7. The first-order valence-corrected chi connectivity index (χ1v) is 8.20. The monoisotopic (exact) mass is 344 g/mol. The Hall–Kier alpha value is -2.70. The highest BCUT2D eigenvalue weighted by atomic mass is 19.1. The summed E-state index contributed by atoms with van der Waals surface area (Å²) in [5, 5.41) is 0. The van der Waals surface area contributed by atoms with E-state index in [1.807, 2.05) is 19.0 Å². The molecule has 1 atom stereocenters. The van der Waals surface area contributed by atoms with Gasteiger partial charge in [-0.25, -0.2) is 14.4 Å². The highest BCUT2D eigenvalue weighted by Gasteiger charge is 2.28. The van der Waals surface area contributed by atoms with Gasteiger partial charge < -0.3 is 14.5 Å². The quantitative estimate of drug-likeness (QED) is 0.829. The molecule has 0 bridgehead atoms. The van der Waals surface area contributed by atoms with E-state index in [1.165, 1.54) is 12.4 Å². The van der Waals surface area contributed by atoms with Crippen LogP contribution in [0.4, 0.5) is 10.2 Å². The summed E-state index contributed by atoms with van der Waals surface area (Å²) in [4.78, 5) is 24.2. The van der Waals surface area contributed by atoms with Crippen LogP contribution in [0.2, 0.25) is 0 Å². The zero-order valence-electron chi connectivity index (χ0n) is 14.4. The van der Waals surface area contributed by atoms with E-state index >= 15 is 0 Å². The Bertz CT molecular complexity index is 753. The molecular weight excluding hydrogens is 323 g/mol. The first-order valence-electron chi connectivity index (χ1n) is 8.20. The third-order valence-corrected chi connectivity index (χ3v) is 4.17. The first-order chi connectivity index (χ1) is 12.0. The van der Waals surface area contributed by atoms with Gasteiger partial charge in [0.25, 0.3) is 0 Å². The number of benzene rings is 1. The van der Waals surface area contributed by atoms with Crippen molar-refractivity contribution in [1.29, 1.82) is 0 Å². The lowest BCUT2D eigenvalue weighted by atomic mass is 10.1. The smallest absolute Gasteiger partial charge is 0.227 e. The number of ether oxygens (including phenoxy) is 1. The average molecular weight is 344 g/mol. The molecule has 2 heterocycles. The highest BCUT2D eigenvalue weighted by molar-refractivity contribution is 5.79. The van der Waals surface area contributed by atoms with E-state index in [9.17, 15) is 9.18 Å². The minimum absolute atomic E-state index is 0.0671. The SMILES string of the molecule is CN(C)c1cc(O[C@@H]2CCN(C(=O)Cc3ccccc3F)C2)ncn1. The predicted molar refractivity (Wildman–Crippen MR) is 92.1 cm³/mol. The van der Waals surface area contributed by atoms with Crippen LogP contribution in [0, 0.1) is 5.82 Å². The second kappa shape index (κ2) is 7.46. The number of hydrogen-bond acceptors (Lipinski definition) is 5. The second-order valence-electron chi connectivity index (χ2n) is 6.25. The third-order valence-electron chi connectivity index (χ3n) is 4.17. The van der Waals surface area contributed by atoms with E-state index < -0.39 is 0 Å². The number of anilines is 1. The summed E-state index contributed by atoms with van der Waals surface area (Å²) in [5.74, 6) is 0.815. The fourth-order valence-corrected chi connectivity index (χ4v) is 2.78. The molecule has 1 amide bonds. The number of aromatic nitrogens is 2.